The molecule has 0 heterocycles. The Morgan fingerprint density at radius 2 is 0.500 bits per heavy atom. The Labute approximate surface area is 393 Å². The maximum absolute atomic E-state index is 6.94. The van der Waals surface area contributed by atoms with Gasteiger partial charge in [0.25, 0.3) is 0 Å². The summed E-state index contributed by atoms with van der Waals surface area (Å²) in [4.78, 5) is 0. The van der Waals surface area contributed by atoms with Crippen LogP contribution in [0.15, 0.2) is 22.3 Å². The molecule has 0 aliphatic heterocycles. The lowest BCUT2D eigenvalue weighted by molar-refractivity contribution is 0.308. The summed E-state index contributed by atoms with van der Waals surface area (Å²) in [6.07, 6.45) is 0. The van der Waals surface area contributed by atoms with Crippen LogP contribution in [0.2, 0.25) is 109 Å². The third-order valence-electron chi connectivity index (χ3n) is 15.8. The first-order chi connectivity index (χ1) is 27.9. The van der Waals surface area contributed by atoms with Crippen molar-refractivity contribution in [2.45, 2.75) is 233 Å². The summed E-state index contributed by atoms with van der Waals surface area (Å²) in [7, 11) is -12.0. The van der Waals surface area contributed by atoms with E-state index in [1.165, 1.54) is 0 Å². The van der Waals surface area contributed by atoms with Crippen molar-refractivity contribution in [1.29, 1.82) is 0 Å². The molecular weight excluding hydrogens is 857 g/mol. The molecular formula is C52H98O4Si6. The minimum absolute atomic E-state index is 0.0467. The van der Waals surface area contributed by atoms with Gasteiger partial charge in [-0.3, -0.25) is 0 Å². The van der Waals surface area contributed by atoms with Gasteiger partial charge in [-0.2, -0.15) is 0 Å². The van der Waals surface area contributed by atoms with Crippen molar-refractivity contribution >= 4 is 49.4 Å². The Kier molecular flexibility index (Phi) is 23.6. The van der Waals surface area contributed by atoms with Crippen molar-refractivity contribution in [2.24, 2.45) is 0 Å². The molecule has 0 fully saturated rings. The first-order valence-electron chi connectivity index (χ1n) is 24.0. The van der Waals surface area contributed by atoms with Gasteiger partial charge in [0.15, 0.2) is 33.3 Å². The van der Waals surface area contributed by atoms with Gasteiger partial charge < -0.3 is 17.7 Å². The Morgan fingerprint density at radius 1 is 0.323 bits per heavy atom. The Balaban J connectivity index is 8.48. The van der Waals surface area contributed by atoms with Crippen LogP contribution in [0.1, 0.15) is 125 Å². The number of hydrogen-bond donors (Lipinski definition) is 0. The maximum atomic E-state index is 6.94. The van der Waals surface area contributed by atoms with Gasteiger partial charge in [0, 0.05) is 22.3 Å². The molecule has 0 aliphatic carbocycles. The van der Waals surface area contributed by atoms with Crippen molar-refractivity contribution in [3.8, 4) is 46.6 Å². The van der Waals surface area contributed by atoms with Crippen LogP contribution in [0.25, 0.3) is 0 Å². The summed E-state index contributed by atoms with van der Waals surface area (Å²) in [6, 6.07) is 6.78. The van der Waals surface area contributed by atoms with E-state index in [-0.39, 0.29) is 20.2 Å². The molecule has 0 aliphatic rings. The second-order valence-corrected chi connectivity index (χ2v) is 52.9. The predicted octanol–water partition coefficient (Wildman–Crippen LogP) is 15.8. The van der Waals surface area contributed by atoms with Crippen LogP contribution < -0.4 is 0 Å². The van der Waals surface area contributed by atoms with Crippen molar-refractivity contribution in [2.75, 3.05) is 26.4 Å². The highest BCUT2D eigenvalue weighted by Gasteiger charge is 2.41. The smallest absolute Gasteiger partial charge is 0.192 e. The van der Waals surface area contributed by atoms with Gasteiger partial charge in [0.2, 0.25) is 0 Å². The average Bonchev–Trinajstić information content (AvgIpc) is 3.14. The Morgan fingerprint density at radius 3 is 0.661 bits per heavy atom. The van der Waals surface area contributed by atoms with Crippen LogP contribution >= 0.6 is 0 Å². The third-order valence-corrected chi connectivity index (χ3v) is 43.1. The van der Waals surface area contributed by atoms with E-state index in [1.807, 2.05) is 0 Å². The molecule has 0 rings (SSSR count). The summed E-state index contributed by atoms with van der Waals surface area (Å²) in [5.74, 6) is 21.3. The molecule has 0 saturated heterocycles. The molecule has 0 radical (unpaired) electrons. The van der Waals surface area contributed by atoms with Crippen LogP contribution in [0, 0.1) is 46.6 Å². The van der Waals surface area contributed by atoms with Crippen LogP contribution in [-0.4, -0.2) is 75.8 Å². The minimum Gasteiger partial charge on any atom is -0.412 e. The van der Waals surface area contributed by atoms with Gasteiger partial charge >= 0.3 is 0 Å². The molecule has 0 aromatic rings. The fourth-order valence-corrected chi connectivity index (χ4v) is 14.0. The second-order valence-electron chi connectivity index (χ2n) is 23.8. The fourth-order valence-electron chi connectivity index (χ4n) is 5.33. The zero-order valence-electron chi connectivity index (χ0n) is 45.7. The standard InChI is InChI=1S/C52H98O4Si6/c1-27-61(28-2,29-3)39-37-47(43-55-59(23,24)51(13,14)15)45(41-53-57(19,20)49(7,8)9)35-33-34-36-46(42-54-58(21,22)50(10,11)12)48(38-40-62(30-4,31-5)32-6)44-56-60(25,26)52(16,17)18/h27-32,41-44H2,1-26H3/b47-45+,48-46+. The first kappa shape index (κ1) is 60.9. The van der Waals surface area contributed by atoms with E-state index in [9.17, 15) is 0 Å². The predicted molar refractivity (Wildman–Crippen MR) is 292 cm³/mol. The topological polar surface area (TPSA) is 36.9 Å². The van der Waals surface area contributed by atoms with Crippen molar-refractivity contribution in [3.05, 3.63) is 22.3 Å². The molecule has 0 N–H and O–H groups in total. The van der Waals surface area contributed by atoms with Crippen LogP contribution in [0.4, 0.5) is 0 Å². The van der Waals surface area contributed by atoms with Gasteiger partial charge in [-0.15, -0.1) is 11.1 Å². The van der Waals surface area contributed by atoms with Crippen molar-refractivity contribution in [3.63, 3.8) is 0 Å². The first-order valence-corrected chi connectivity index (χ1v) is 40.9. The van der Waals surface area contributed by atoms with E-state index < -0.39 is 49.4 Å². The molecule has 10 heteroatoms. The Hall–Kier alpha value is -1.14. The lowest BCUT2D eigenvalue weighted by atomic mass is 10.1. The lowest BCUT2D eigenvalue weighted by Crippen LogP contribution is -2.42. The number of hydrogen-bond acceptors (Lipinski definition) is 4. The number of rotatable bonds is 18. The van der Waals surface area contributed by atoms with Crippen LogP contribution in [-0.2, 0) is 17.7 Å². The molecule has 0 aromatic carbocycles. The minimum atomic E-state index is -2.13. The van der Waals surface area contributed by atoms with E-state index in [0.29, 0.717) is 26.4 Å². The molecule has 0 spiro atoms. The highest BCUT2D eigenvalue weighted by atomic mass is 28.4. The van der Waals surface area contributed by atoms with Crippen LogP contribution in [0.5, 0.6) is 0 Å². The normalized spacial score (nSPS) is 14.5. The largest absolute Gasteiger partial charge is 0.412 e. The SMILES string of the molecule is CC[Si](C#C/C(CO[Si](C)(C)C(C)(C)C)=C(/C#CC#C/C(CO[Si](C)(C)C(C)(C)C)=C(/C#C[Si](CC)(CC)CC)CO[Si](C)(C)C(C)(C)C)CO[Si](C)(C)C(C)(C)C)(CC)CC. The summed E-state index contributed by atoms with van der Waals surface area (Å²) in [5, 5.41) is 0.218. The Bertz CT molecular complexity index is 1620. The van der Waals surface area contributed by atoms with E-state index in [0.717, 1.165) is 58.6 Å². The maximum Gasteiger partial charge on any atom is 0.192 e. The van der Waals surface area contributed by atoms with Crippen LogP contribution in [0.3, 0.4) is 0 Å². The molecule has 4 nitrogen and oxygen atoms in total. The summed E-state index contributed by atoms with van der Waals surface area (Å²) >= 11 is 0. The van der Waals surface area contributed by atoms with Crippen molar-refractivity contribution in [1.82, 2.24) is 0 Å². The van der Waals surface area contributed by atoms with Gasteiger partial charge in [-0.1, -0.05) is 148 Å². The quantitative estimate of drug-likeness (QED) is 0.101. The van der Waals surface area contributed by atoms with Gasteiger partial charge in [0.05, 0.1) is 26.4 Å². The zero-order valence-corrected chi connectivity index (χ0v) is 51.7. The van der Waals surface area contributed by atoms with E-state index in [4.69, 9.17) is 17.7 Å². The average molecular weight is 956 g/mol. The fraction of sp³-hybridized carbons (Fsp3) is 0.769. The monoisotopic (exact) mass is 955 g/mol. The molecule has 0 aromatic heterocycles. The van der Waals surface area contributed by atoms with E-state index >= 15 is 0 Å². The summed E-state index contributed by atoms with van der Waals surface area (Å²) in [5.41, 5.74) is 11.4. The third kappa shape index (κ3) is 18.3. The summed E-state index contributed by atoms with van der Waals surface area (Å²) < 4.78 is 27.7. The molecule has 0 saturated carbocycles. The molecule has 0 amide bonds. The molecule has 0 bridgehead atoms. The van der Waals surface area contributed by atoms with Gasteiger partial charge in [0.1, 0.15) is 16.1 Å². The summed E-state index contributed by atoms with van der Waals surface area (Å²) in [6.45, 7) is 61.4. The second kappa shape index (κ2) is 24.1. The highest BCUT2D eigenvalue weighted by Crippen LogP contribution is 2.40. The van der Waals surface area contributed by atoms with E-state index in [2.05, 4.69) is 224 Å². The lowest BCUT2D eigenvalue weighted by Gasteiger charge is -2.37. The van der Waals surface area contributed by atoms with Gasteiger partial charge in [-0.05, 0) is 121 Å². The van der Waals surface area contributed by atoms with E-state index in [1.54, 1.807) is 0 Å². The van der Waals surface area contributed by atoms with Crippen molar-refractivity contribution < 1.29 is 17.7 Å². The zero-order chi connectivity index (χ0) is 48.9. The molecule has 0 unspecified atom stereocenters. The van der Waals surface area contributed by atoms with Gasteiger partial charge in [-0.25, -0.2) is 0 Å². The highest BCUT2D eigenvalue weighted by molar-refractivity contribution is 6.87. The molecule has 0 atom stereocenters. The molecule has 62 heavy (non-hydrogen) atoms. The molecule has 354 valence electrons.